The van der Waals surface area contributed by atoms with E-state index in [4.69, 9.17) is 14.9 Å². The van der Waals surface area contributed by atoms with E-state index in [2.05, 4.69) is 18.0 Å². The lowest BCUT2D eigenvalue weighted by Gasteiger charge is -2.60. The zero-order valence-corrected chi connectivity index (χ0v) is 24.4. The molecule has 3 unspecified atom stereocenters. The highest BCUT2D eigenvalue weighted by Gasteiger charge is 2.70. The molecule has 5 rings (SSSR count). The molecule has 10 heteroatoms. The minimum absolute atomic E-state index is 0.0515. The van der Waals surface area contributed by atoms with Gasteiger partial charge in [0.15, 0.2) is 11.3 Å². The van der Waals surface area contributed by atoms with Crippen LogP contribution in [0.3, 0.4) is 0 Å². The van der Waals surface area contributed by atoms with E-state index >= 15 is 0 Å². The number of pyridine rings is 1. The number of nitrogens with zero attached hydrogens (tertiary/aromatic N) is 1. The number of allylic oxidation sites excluding steroid dienone is 3. The van der Waals surface area contributed by atoms with Crippen LogP contribution in [0.2, 0.25) is 0 Å². The van der Waals surface area contributed by atoms with Gasteiger partial charge in [0.25, 0.3) is 0 Å². The van der Waals surface area contributed by atoms with Gasteiger partial charge in [0, 0.05) is 37.3 Å². The van der Waals surface area contributed by atoms with E-state index in [1.807, 2.05) is 12.2 Å². The van der Waals surface area contributed by atoms with Crippen LogP contribution in [0, 0.1) is 39.9 Å². The number of aliphatic hydroxyl groups is 1. The molecule has 0 spiro atoms. The van der Waals surface area contributed by atoms with Crippen molar-refractivity contribution in [3.05, 3.63) is 47.2 Å². The number of ether oxygens (including phenoxy) is 2. The van der Waals surface area contributed by atoms with Gasteiger partial charge in [-0.3, -0.25) is 14.9 Å². The summed E-state index contributed by atoms with van der Waals surface area (Å²) in [6.45, 7) is 5.58. The van der Waals surface area contributed by atoms with E-state index in [0.717, 1.165) is 48.0 Å². The van der Waals surface area contributed by atoms with Crippen LogP contribution in [0.4, 0.5) is 10.1 Å². The van der Waals surface area contributed by atoms with Crippen molar-refractivity contribution in [1.82, 2.24) is 4.98 Å². The smallest absolute Gasteiger partial charge is 0.303 e. The molecule has 3 saturated carbocycles. The van der Waals surface area contributed by atoms with Crippen LogP contribution >= 0.6 is 11.8 Å². The number of thioether (sulfide) groups is 1. The zero-order valence-electron chi connectivity index (χ0n) is 23.5. The van der Waals surface area contributed by atoms with Crippen molar-refractivity contribution in [3.63, 3.8) is 0 Å². The van der Waals surface area contributed by atoms with E-state index < -0.39 is 29.0 Å². The third-order valence-corrected chi connectivity index (χ3v) is 11.2. The van der Waals surface area contributed by atoms with Crippen LogP contribution in [-0.2, 0) is 19.1 Å². The maximum Gasteiger partial charge on any atom is 0.303 e. The number of quaternary nitrogens is 1. The first-order valence-corrected chi connectivity index (χ1v) is 14.9. The Balaban J connectivity index is 1.47. The van der Waals surface area contributed by atoms with E-state index in [1.54, 1.807) is 6.07 Å². The number of carbonyl (C=O) groups excluding carboxylic acids is 2. The van der Waals surface area contributed by atoms with Crippen molar-refractivity contribution in [1.29, 1.82) is 5.41 Å². The Morgan fingerprint density at radius 1 is 1.32 bits per heavy atom. The Labute approximate surface area is 238 Å². The van der Waals surface area contributed by atoms with Crippen LogP contribution in [0.1, 0.15) is 59.3 Å². The van der Waals surface area contributed by atoms with Gasteiger partial charge in [-0.2, -0.15) is 4.39 Å². The quantitative estimate of drug-likeness (QED) is 0.195. The minimum atomic E-state index is -1.30. The molecule has 1 heterocycles. The number of hydrogen-bond acceptors (Lipinski definition) is 8. The molecule has 4 aliphatic rings. The Hall–Kier alpha value is -2.40. The van der Waals surface area contributed by atoms with E-state index in [1.165, 1.54) is 38.1 Å². The first-order chi connectivity index (χ1) is 19.0. The lowest BCUT2D eigenvalue weighted by atomic mass is 9.45. The topological polar surface area (TPSA) is 126 Å². The van der Waals surface area contributed by atoms with Gasteiger partial charge < -0.3 is 20.0 Å². The molecule has 3 fully saturated rings. The highest BCUT2D eigenvalue weighted by Crippen LogP contribution is 2.69. The van der Waals surface area contributed by atoms with Crippen LogP contribution in [0.25, 0.3) is 0 Å². The van der Waals surface area contributed by atoms with Gasteiger partial charge in [0.2, 0.25) is 11.1 Å². The number of halogens is 1. The Kier molecular flexibility index (Phi) is 7.84. The molecular formula is C30H39FN3O5S+. The van der Waals surface area contributed by atoms with Crippen molar-refractivity contribution in [3.8, 4) is 0 Å². The second kappa shape index (κ2) is 10.8. The molecule has 1 aromatic rings. The molecule has 0 amide bonds. The van der Waals surface area contributed by atoms with Gasteiger partial charge in [-0.05, 0) is 73.8 Å². The lowest BCUT2D eigenvalue weighted by Crippen LogP contribution is -2.76. The number of methoxy groups -OCH3 is 1. The molecule has 4 N–H and O–H groups in total. The number of aliphatic hydroxyl groups excluding tert-OH is 1. The molecule has 0 saturated heterocycles. The fraction of sp³-hybridized carbons (Fsp3) is 0.600. The van der Waals surface area contributed by atoms with Gasteiger partial charge in [-0.15, -0.1) is 0 Å². The standard InChI is InChI=1S/C30H38FN3O5S/c1-17(35)39-30(27(37)40-16-38-4)10-9-22-21-7-5-19-11-23(34-20-6-8-25(31)33-15-20)18(14-32)12-28(19,2)26(21)24(36)13-29(22,30)3/h6,8,11,14-15,21-22,24,26,32,34,36H,5,7,9-10,12-13,16H2,1-4H3/p+1/t21?,22?,24-,26?,28-,29-,30-/m0/s1. The van der Waals surface area contributed by atoms with Crippen molar-refractivity contribution in [2.45, 2.75) is 71.0 Å². The molecule has 7 atom stereocenters. The number of rotatable bonds is 7. The molecule has 0 aliphatic heterocycles. The second-order valence-corrected chi connectivity index (χ2v) is 13.2. The van der Waals surface area contributed by atoms with Crippen molar-refractivity contribution in [2.75, 3.05) is 13.0 Å². The summed E-state index contributed by atoms with van der Waals surface area (Å²) >= 11 is 1.03. The predicted octanol–water partition coefficient (Wildman–Crippen LogP) is 4.03. The Bertz CT molecular complexity index is 1270. The maximum absolute atomic E-state index is 13.6. The average Bonchev–Trinajstić information content (AvgIpc) is 3.19. The third-order valence-electron chi connectivity index (χ3n) is 10.3. The van der Waals surface area contributed by atoms with Crippen molar-refractivity contribution in [2.24, 2.45) is 28.6 Å². The first-order valence-electron chi connectivity index (χ1n) is 13.9. The van der Waals surface area contributed by atoms with E-state index in [0.29, 0.717) is 19.3 Å². The van der Waals surface area contributed by atoms with Gasteiger partial charge >= 0.3 is 5.97 Å². The number of aromatic nitrogens is 1. The Morgan fingerprint density at radius 3 is 2.75 bits per heavy atom. The number of esters is 1. The summed E-state index contributed by atoms with van der Waals surface area (Å²) in [4.78, 5) is 29.7. The number of hydrogen-bond donors (Lipinski definition) is 3. The molecule has 0 bridgehead atoms. The fourth-order valence-corrected chi connectivity index (χ4v) is 9.48. The molecule has 4 aliphatic carbocycles. The maximum atomic E-state index is 13.6. The highest BCUT2D eigenvalue weighted by molar-refractivity contribution is 8.13. The highest BCUT2D eigenvalue weighted by atomic mass is 32.2. The second-order valence-electron chi connectivity index (χ2n) is 12.3. The van der Waals surface area contributed by atoms with Crippen molar-refractivity contribution >= 4 is 34.7 Å². The number of nitrogens with one attached hydrogen (secondary N) is 1. The van der Waals surface area contributed by atoms with Crippen LogP contribution in [0.15, 0.2) is 41.2 Å². The molecule has 0 aromatic carbocycles. The monoisotopic (exact) mass is 572 g/mol. The van der Waals surface area contributed by atoms with E-state index in [9.17, 15) is 19.1 Å². The van der Waals surface area contributed by atoms with Crippen LogP contribution in [-0.4, -0.2) is 52.1 Å². The summed E-state index contributed by atoms with van der Waals surface area (Å²) in [6, 6.07) is 3.00. The summed E-state index contributed by atoms with van der Waals surface area (Å²) in [5.74, 6) is -0.643. The summed E-state index contributed by atoms with van der Waals surface area (Å²) in [5, 5.41) is 21.8. The summed E-state index contributed by atoms with van der Waals surface area (Å²) < 4.78 is 24.4. The molecule has 40 heavy (non-hydrogen) atoms. The normalized spacial score (nSPS) is 36.7. The molecule has 8 nitrogen and oxygen atoms in total. The SMILES string of the molecule is COCSC(=O)[C@@]1(OC(C)=O)CCC2C3CCC4=CC([NH2+]c5ccc(F)nc5)=C(C=N)C[C@]4(C)C3[C@@H](O)C[C@@]21C. The van der Waals surface area contributed by atoms with Crippen molar-refractivity contribution < 1.29 is 33.9 Å². The first kappa shape index (κ1) is 29.1. The summed E-state index contributed by atoms with van der Waals surface area (Å²) in [7, 11) is 1.53. The summed E-state index contributed by atoms with van der Waals surface area (Å²) in [6.07, 6.45) is 8.18. The van der Waals surface area contributed by atoms with Gasteiger partial charge in [0.05, 0.1) is 18.2 Å². The third kappa shape index (κ3) is 4.57. The molecule has 0 radical (unpaired) electrons. The van der Waals surface area contributed by atoms with Gasteiger partial charge in [-0.1, -0.05) is 31.2 Å². The van der Waals surface area contributed by atoms with Crippen LogP contribution < -0.4 is 5.32 Å². The zero-order chi connectivity index (χ0) is 28.9. The molecule has 1 aromatic heterocycles. The largest absolute Gasteiger partial charge is 0.450 e. The van der Waals surface area contributed by atoms with Gasteiger partial charge in [-0.25, -0.2) is 4.98 Å². The van der Waals surface area contributed by atoms with Gasteiger partial charge in [0.1, 0.15) is 5.70 Å². The number of carbonyl (C=O) groups is 2. The van der Waals surface area contributed by atoms with E-state index in [-0.39, 0.29) is 34.2 Å². The fourth-order valence-electron chi connectivity index (χ4n) is 8.65. The lowest BCUT2D eigenvalue weighted by molar-refractivity contribution is -0.513. The number of nitrogens with two attached hydrogens (primary N) is 1. The molecular weight excluding hydrogens is 533 g/mol. The number of fused-ring (bicyclic) bond motifs is 5. The molecule has 216 valence electrons. The van der Waals surface area contributed by atoms with Crippen LogP contribution in [0.5, 0.6) is 0 Å². The predicted molar refractivity (Wildman–Crippen MR) is 149 cm³/mol. The average molecular weight is 573 g/mol. The minimum Gasteiger partial charge on any atom is -0.450 e. The Morgan fingerprint density at radius 2 is 2.10 bits per heavy atom. The summed E-state index contributed by atoms with van der Waals surface area (Å²) in [5.41, 5.74) is 1.45.